The number of halogens is 1. The Morgan fingerprint density at radius 2 is 2.04 bits per heavy atom. The predicted octanol–water partition coefficient (Wildman–Crippen LogP) is 3.10. The van der Waals surface area contributed by atoms with Crippen molar-refractivity contribution < 1.29 is 14.1 Å². The van der Waals surface area contributed by atoms with Gasteiger partial charge in [-0.15, -0.1) is 0 Å². The van der Waals surface area contributed by atoms with Gasteiger partial charge in [0.15, 0.2) is 5.16 Å². The molecule has 0 aliphatic heterocycles. The van der Waals surface area contributed by atoms with E-state index < -0.39 is 27.6 Å². The lowest BCUT2D eigenvalue weighted by atomic mass is 10.2. The van der Waals surface area contributed by atoms with Gasteiger partial charge in [-0.2, -0.15) is 4.39 Å². The summed E-state index contributed by atoms with van der Waals surface area (Å²) in [6.45, 7) is 1.61. The lowest BCUT2D eigenvalue weighted by Gasteiger charge is -2.14. The van der Waals surface area contributed by atoms with Crippen LogP contribution in [0.15, 0.2) is 52.4 Å². The number of carbonyl (C=O) groups excluding carboxylic acids is 1. The summed E-state index contributed by atoms with van der Waals surface area (Å²) in [4.78, 5) is 39.2. The standard InChI is InChI=1S/C18H15FN4O4S/c1-10(16(24)20-11-7-8-13(19)15(9-11)23(26)27)28-18-21-14-6-4-3-5-12(14)17(25)22(18)2/h3-10H,1-2H3,(H,20,24). The van der Waals surface area contributed by atoms with E-state index in [0.717, 1.165) is 23.9 Å². The zero-order valence-electron chi connectivity index (χ0n) is 14.9. The fourth-order valence-electron chi connectivity index (χ4n) is 2.49. The van der Waals surface area contributed by atoms with Crippen molar-refractivity contribution >= 4 is 39.9 Å². The van der Waals surface area contributed by atoms with Gasteiger partial charge in [0.1, 0.15) is 0 Å². The minimum atomic E-state index is -0.985. The van der Waals surface area contributed by atoms with Gasteiger partial charge in [0.2, 0.25) is 11.7 Å². The number of hydrogen-bond donors (Lipinski definition) is 1. The molecular weight excluding hydrogens is 387 g/mol. The molecule has 1 N–H and O–H groups in total. The van der Waals surface area contributed by atoms with E-state index in [1.165, 1.54) is 10.6 Å². The monoisotopic (exact) mass is 402 g/mol. The quantitative estimate of drug-likeness (QED) is 0.304. The maximum atomic E-state index is 13.4. The number of rotatable bonds is 5. The molecule has 144 valence electrons. The number of fused-ring (bicyclic) bond motifs is 1. The molecule has 0 fully saturated rings. The maximum Gasteiger partial charge on any atom is 0.306 e. The van der Waals surface area contributed by atoms with Gasteiger partial charge in [-0.3, -0.25) is 24.3 Å². The van der Waals surface area contributed by atoms with Gasteiger partial charge in [-0.1, -0.05) is 23.9 Å². The second-order valence-electron chi connectivity index (χ2n) is 5.95. The van der Waals surface area contributed by atoms with E-state index in [1.54, 1.807) is 38.2 Å². The van der Waals surface area contributed by atoms with E-state index in [0.29, 0.717) is 16.1 Å². The first-order chi connectivity index (χ1) is 13.3. The number of aromatic nitrogens is 2. The van der Waals surface area contributed by atoms with Crippen LogP contribution in [0.4, 0.5) is 15.8 Å². The van der Waals surface area contributed by atoms with Crippen molar-refractivity contribution in [3.63, 3.8) is 0 Å². The highest BCUT2D eigenvalue weighted by Gasteiger charge is 2.20. The molecule has 3 rings (SSSR count). The predicted molar refractivity (Wildman–Crippen MR) is 104 cm³/mol. The molecule has 0 aliphatic rings. The first-order valence-electron chi connectivity index (χ1n) is 8.15. The Bertz CT molecular complexity index is 1150. The van der Waals surface area contributed by atoms with Crippen LogP contribution in [0.25, 0.3) is 10.9 Å². The van der Waals surface area contributed by atoms with Gasteiger partial charge in [-0.25, -0.2) is 4.98 Å². The fourth-order valence-corrected chi connectivity index (χ4v) is 3.36. The van der Waals surface area contributed by atoms with Crippen molar-refractivity contribution in [1.82, 2.24) is 9.55 Å². The van der Waals surface area contributed by atoms with Crippen LogP contribution in [0.1, 0.15) is 6.92 Å². The number of anilines is 1. The molecule has 3 aromatic rings. The SMILES string of the molecule is CC(Sc1nc2ccccc2c(=O)n1C)C(=O)Nc1ccc(F)c([N+](=O)[O-])c1. The summed E-state index contributed by atoms with van der Waals surface area (Å²) in [6, 6.07) is 10.0. The Labute approximate surface area is 162 Å². The molecular formula is C18H15FN4O4S. The molecule has 8 nitrogen and oxygen atoms in total. The second-order valence-corrected chi connectivity index (χ2v) is 7.26. The molecule has 0 radical (unpaired) electrons. The summed E-state index contributed by atoms with van der Waals surface area (Å²) in [5.74, 6) is -1.45. The van der Waals surface area contributed by atoms with Crippen LogP contribution in [0, 0.1) is 15.9 Å². The number of nitrogens with zero attached hydrogens (tertiary/aromatic N) is 3. The molecule has 28 heavy (non-hydrogen) atoms. The van der Waals surface area contributed by atoms with Crippen LogP contribution in [0.3, 0.4) is 0 Å². The van der Waals surface area contributed by atoms with Crippen molar-refractivity contribution in [3.8, 4) is 0 Å². The number of nitro benzene ring substituents is 1. The zero-order chi connectivity index (χ0) is 20.4. The number of nitrogens with one attached hydrogen (secondary N) is 1. The molecule has 1 aromatic heterocycles. The van der Waals surface area contributed by atoms with Crippen LogP contribution in [0.5, 0.6) is 0 Å². The largest absolute Gasteiger partial charge is 0.325 e. The van der Waals surface area contributed by atoms with Gasteiger partial charge < -0.3 is 5.32 Å². The highest BCUT2D eigenvalue weighted by Crippen LogP contribution is 2.25. The van der Waals surface area contributed by atoms with Crippen LogP contribution < -0.4 is 10.9 Å². The van der Waals surface area contributed by atoms with E-state index in [4.69, 9.17) is 0 Å². The minimum Gasteiger partial charge on any atom is -0.325 e. The lowest BCUT2D eigenvalue weighted by Crippen LogP contribution is -2.25. The number of amides is 1. The number of para-hydroxylation sites is 1. The Morgan fingerprint density at radius 3 is 2.75 bits per heavy atom. The van der Waals surface area contributed by atoms with Gasteiger partial charge in [0, 0.05) is 18.8 Å². The summed E-state index contributed by atoms with van der Waals surface area (Å²) < 4.78 is 14.8. The van der Waals surface area contributed by atoms with Crippen LogP contribution in [-0.2, 0) is 11.8 Å². The average Bonchev–Trinajstić information content (AvgIpc) is 2.67. The van der Waals surface area contributed by atoms with E-state index in [1.807, 2.05) is 0 Å². The summed E-state index contributed by atoms with van der Waals surface area (Å²) in [5.41, 5.74) is -0.327. The van der Waals surface area contributed by atoms with Crippen molar-refractivity contribution in [2.24, 2.45) is 7.05 Å². The maximum absolute atomic E-state index is 13.4. The van der Waals surface area contributed by atoms with E-state index in [2.05, 4.69) is 10.3 Å². The van der Waals surface area contributed by atoms with E-state index in [-0.39, 0.29) is 11.2 Å². The highest BCUT2D eigenvalue weighted by molar-refractivity contribution is 8.00. The topological polar surface area (TPSA) is 107 Å². The Balaban J connectivity index is 1.81. The van der Waals surface area contributed by atoms with Crippen molar-refractivity contribution in [1.29, 1.82) is 0 Å². The molecule has 2 aromatic carbocycles. The average molecular weight is 402 g/mol. The second kappa shape index (κ2) is 7.77. The summed E-state index contributed by atoms with van der Waals surface area (Å²) in [6.07, 6.45) is 0. The van der Waals surface area contributed by atoms with E-state index >= 15 is 0 Å². The number of hydrogen-bond acceptors (Lipinski definition) is 6. The molecule has 0 spiro atoms. The molecule has 0 saturated carbocycles. The highest BCUT2D eigenvalue weighted by atomic mass is 32.2. The van der Waals surface area contributed by atoms with Crippen molar-refractivity contribution in [2.75, 3.05) is 5.32 Å². The van der Waals surface area contributed by atoms with Gasteiger partial charge >= 0.3 is 5.69 Å². The Morgan fingerprint density at radius 1 is 1.32 bits per heavy atom. The number of benzene rings is 2. The Hall–Kier alpha value is -3.27. The molecule has 1 amide bonds. The van der Waals surface area contributed by atoms with Crippen molar-refractivity contribution in [3.05, 3.63) is 68.7 Å². The van der Waals surface area contributed by atoms with Crippen molar-refractivity contribution in [2.45, 2.75) is 17.3 Å². The van der Waals surface area contributed by atoms with Crippen LogP contribution in [-0.4, -0.2) is 25.6 Å². The minimum absolute atomic E-state index is 0.103. The van der Waals surface area contributed by atoms with Gasteiger partial charge in [0.25, 0.3) is 5.56 Å². The molecule has 0 saturated heterocycles. The fraction of sp³-hybridized carbons (Fsp3) is 0.167. The third-order valence-electron chi connectivity index (χ3n) is 4.00. The van der Waals surface area contributed by atoms with Gasteiger partial charge in [-0.05, 0) is 31.2 Å². The zero-order valence-corrected chi connectivity index (χ0v) is 15.7. The first-order valence-corrected chi connectivity index (χ1v) is 9.03. The number of thioether (sulfide) groups is 1. The molecule has 0 aliphatic carbocycles. The van der Waals surface area contributed by atoms with Gasteiger partial charge in [0.05, 0.1) is 21.1 Å². The summed E-state index contributed by atoms with van der Waals surface area (Å²) in [5, 5.41) is 13.5. The summed E-state index contributed by atoms with van der Waals surface area (Å²) >= 11 is 1.07. The van der Waals surface area contributed by atoms with Crippen LogP contribution >= 0.6 is 11.8 Å². The molecule has 1 unspecified atom stereocenters. The molecule has 0 bridgehead atoms. The molecule has 10 heteroatoms. The molecule has 1 heterocycles. The number of nitro groups is 1. The summed E-state index contributed by atoms with van der Waals surface area (Å²) in [7, 11) is 1.57. The molecule has 1 atom stereocenters. The normalized spacial score (nSPS) is 12.0. The van der Waals surface area contributed by atoms with Crippen LogP contribution in [0.2, 0.25) is 0 Å². The lowest BCUT2D eigenvalue weighted by molar-refractivity contribution is -0.387. The Kier molecular flexibility index (Phi) is 5.41. The third-order valence-corrected chi connectivity index (χ3v) is 5.15. The third kappa shape index (κ3) is 3.86. The first kappa shape index (κ1) is 19.5. The number of carbonyl (C=O) groups is 1. The van der Waals surface area contributed by atoms with E-state index in [9.17, 15) is 24.1 Å². The smallest absolute Gasteiger partial charge is 0.306 e.